The molecular formula is C24H23N3O4S. The van der Waals surface area contributed by atoms with E-state index in [1.165, 1.54) is 18.2 Å². The van der Waals surface area contributed by atoms with E-state index in [9.17, 15) is 13.2 Å². The highest BCUT2D eigenvalue weighted by atomic mass is 32.2. The van der Waals surface area contributed by atoms with Gasteiger partial charge in [-0.15, -0.1) is 0 Å². The molecule has 1 aromatic heterocycles. The lowest BCUT2D eigenvalue weighted by atomic mass is 10.2. The van der Waals surface area contributed by atoms with E-state index in [1.807, 2.05) is 18.2 Å². The molecule has 1 amide bonds. The molecule has 2 aromatic carbocycles. The fourth-order valence-electron chi connectivity index (χ4n) is 3.34. The number of amides is 1. The second kappa shape index (κ2) is 9.76. The van der Waals surface area contributed by atoms with Crippen LogP contribution in [0.4, 0.5) is 11.4 Å². The van der Waals surface area contributed by atoms with Crippen LogP contribution in [0.2, 0.25) is 0 Å². The Morgan fingerprint density at radius 3 is 2.25 bits per heavy atom. The average molecular weight is 450 g/mol. The molecule has 1 aliphatic heterocycles. The number of aromatic nitrogens is 1. The van der Waals surface area contributed by atoms with Gasteiger partial charge in [0.25, 0.3) is 0 Å². The highest BCUT2D eigenvalue weighted by Gasteiger charge is 2.19. The molecule has 0 aliphatic carbocycles. The number of sulfone groups is 1. The van der Waals surface area contributed by atoms with Crippen molar-refractivity contribution in [2.45, 2.75) is 9.79 Å². The summed E-state index contributed by atoms with van der Waals surface area (Å²) < 4.78 is 31.3. The van der Waals surface area contributed by atoms with Gasteiger partial charge in [-0.25, -0.2) is 8.42 Å². The van der Waals surface area contributed by atoms with Gasteiger partial charge in [-0.3, -0.25) is 9.78 Å². The lowest BCUT2D eigenvalue weighted by molar-refractivity contribution is -0.111. The van der Waals surface area contributed by atoms with Crippen molar-refractivity contribution in [2.24, 2.45) is 0 Å². The molecule has 0 atom stereocenters. The van der Waals surface area contributed by atoms with Crippen molar-refractivity contribution in [3.63, 3.8) is 0 Å². The van der Waals surface area contributed by atoms with E-state index in [0.717, 1.165) is 24.3 Å². The zero-order chi connectivity index (χ0) is 22.4. The Hall–Kier alpha value is -3.49. The van der Waals surface area contributed by atoms with Crippen molar-refractivity contribution in [1.82, 2.24) is 4.98 Å². The third-order valence-corrected chi connectivity index (χ3v) is 6.85. The van der Waals surface area contributed by atoms with Gasteiger partial charge in [-0.2, -0.15) is 0 Å². The molecule has 0 spiro atoms. The largest absolute Gasteiger partial charge is 0.378 e. The van der Waals surface area contributed by atoms with Crippen LogP contribution >= 0.6 is 0 Å². The lowest BCUT2D eigenvalue weighted by Crippen LogP contribution is -2.36. The maximum absolute atomic E-state index is 13.0. The van der Waals surface area contributed by atoms with E-state index in [4.69, 9.17) is 4.74 Å². The summed E-state index contributed by atoms with van der Waals surface area (Å²) in [4.78, 5) is 18.7. The van der Waals surface area contributed by atoms with Gasteiger partial charge in [-0.1, -0.05) is 6.07 Å². The van der Waals surface area contributed by atoms with Crippen molar-refractivity contribution in [3.05, 3.63) is 84.7 Å². The van der Waals surface area contributed by atoms with E-state index >= 15 is 0 Å². The minimum atomic E-state index is -3.65. The Bertz CT molecular complexity index is 1190. The zero-order valence-electron chi connectivity index (χ0n) is 17.3. The van der Waals surface area contributed by atoms with Crippen molar-refractivity contribution < 1.29 is 17.9 Å². The number of pyridine rings is 1. The number of benzene rings is 2. The van der Waals surface area contributed by atoms with Crippen LogP contribution in [-0.2, 0) is 19.4 Å². The van der Waals surface area contributed by atoms with Gasteiger partial charge in [-0.05, 0) is 66.2 Å². The summed E-state index contributed by atoms with van der Waals surface area (Å²) in [6, 6.07) is 16.6. The Morgan fingerprint density at radius 2 is 1.62 bits per heavy atom. The predicted molar refractivity (Wildman–Crippen MR) is 123 cm³/mol. The molecule has 0 unspecified atom stereocenters. The Labute approximate surface area is 187 Å². The number of hydrogen-bond acceptors (Lipinski definition) is 6. The first-order valence-electron chi connectivity index (χ1n) is 10.2. The van der Waals surface area contributed by atoms with E-state index in [-0.39, 0.29) is 15.7 Å². The molecular weight excluding hydrogens is 426 g/mol. The van der Waals surface area contributed by atoms with Gasteiger partial charge in [0.15, 0.2) is 0 Å². The molecule has 1 N–H and O–H groups in total. The SMILES string of the molecule is O=C(C=Cc1cccnc1)Nc1ccc(S(=O)(=O)c2ccc(N3CCOCC3)cc2)cc1. The highest BCUT2D eigenvalue weighted by molar-refractivity contribution is 7.91. The van der Waals surface area contributed by atoms with Crippen molar-refractivity contribution in [1.29, 1.82) is 0 Å². The van der Waals surface area contributed by atoms with Crippen LogP contribution in [0.3, 0.4) is 0 Å². The highest BCUT2D eigenvalue weighted by Crippen LogP contribution is 2.25. The zero-order valence-corrected chi connectivity index (χ0v) is 18.2. The molecule has 1 aliphatic rings. The summed E-state index contributed by atoms with van der Waals surface area (Å²) in [6.07, 6.45) is 6.36. The smallest absolute Gasteiger partial charge is 0.248 e. The molecule has 0 saturated carbocycles. The van der Waals surface area contributed by atoms with Crippen LogP contribution in [-0.4, -0.2) is 45.6 Å². The van der Waals surface area contributed by atoms with Crippen LogP contribution in [0, 0.1) is 0 Å². The summed E-state index contributed by atoms with van der Waals surface area (Å²) in [5.41, 5.74) is 2.29. The predicted octanol–water partition coefficient (Wildman–Crippen LogP) is 3.40. The molecule has 164 valence electrons. The van der Waals surface area contributed by atoms with Crippen molar-refractivity contribution in [3.8, 4) is 0 Å². The number of nitrogens with one attached hydrogen (secondary N) is 1. The average Bonchev–Trinajstić information content (AvgIpc) is 2.84. The summed E-state index contributed by atoms with van der Waals surface area (Å²) in [7, 11) is -3.65. The Balaban J connectivity index is 1.42. The molecule has 1 saturated heterocycles. The Morgan fingerprint density at radius 1 is 0.969 bits per heavy atom. The first-order valence-corrected chi connectivity index (χ1v) is 11.7. The number of ether oxygens (including phenoxy) is 1. The quantitative estimate of drug-likeness (QED) is 0.581. The molecule has 2 heterocycles. The van der Waals surface area contributed by atoms with Crippen LogP contribution in [0.5, 0.6) is 0 Å². The standard InChI is InChI=1S/C24H23N3O4S/c28-24(12-3-19-2-1-13-25-18-19)26-20-4-8-22(9-5-20)32(29,30)23-10-6-21(7-11-23)27-14-16-31-17-15-27/h1-13,18H,14-17H2,(H,26,28). The number of carbonyl (C=O) groups is 1. The summed E-state index contributed by atoms with van der Waals surface area (Å²) in [6.45, 7) is 2.91. The third-order valence-electron chi connectivity index (χ3n) is 5.07. The van der Waals surface area contributed by atoms with E-state index in [0.29, 0.717) is 18.9 Å². The fourth-order valence-corrected chi connectivity index (χ4v) is 4.60. The maximum atomic E-state index is 13.0. The van der Waals surface area contributed by atoms with Gasteiger partial charge >= 0.3 is 0 Å². The number of nitrogens with zero attached hydrogens (tertiary/aromatic N) is 2. The maximum Gasteiger partial charge on any atom is 0.248 e. The molecule has 0 radical (unpaired) electrons. The summed E-state index contributed by atoms with van der Waals surface area (Å²) >= 11 is 0. The van der Waals surface area contributed by atoms with E-state index < -0.39 is 9.84 Å². The number of morpholine rings is 1. The second-order valence-electron chi connectivity index (χ2n) is 7.23. The van der Waals surface area contributed by atoms with Gasteiger partial charge < -0.3 is 15.0 Å². The van der Waals surface area contributed by atoms with Crippen LogP contribution in [0.15, 0.2) is 88.9 Å². The number of rotatable bonds is 6. The summed E-state index contributed by atoms with van der Waals surface area (Å²) in [5, 5.41) is 2.72. The fraction of sp³-hybridized carbons (Fsp3) is 0.167. The number of carbonyl (C=O) groups excluding carboxylic acids is 1. The Kier molecular flexibility index (Phi) is 6.63. The van der Waals surface area contributed by atoms with Crippen LogP contribution in [0.1, 0.15) is 5.56 Å². The first-order chi connectivity index (χ1) is 15.5. The molecule has 32 heavy (non-hydrogen) atoms. The molecule has 8 heteroatoms. The molecule has 3 aromatic rings. The third kappa shape index (κ3) is 5.22. The monoisotopic (exact) mass is 449 g/mol. The van der Waals surface area contributed by atoms with Crippen LogP contribution in [0.25, 0.3) is 6.08 Å². The number of anilines is 2. The lowest BCUT2D eigenvalue weighted by Gasteiger charge is -2.28. The van der Waals surface area contributed by atoms with Gasteiger partial charge in [0.2, 0.25) is 15.7 Å². The second-order valence-corrected chi connectivity index (χ2v) is 9.18. The first kappa shape index (κ1) is 21.7. The van der Waals surface area contributed by atoms with Crippen LogP contribution < -0.4 is 10.2 Å². The molecule has 0 bridgehead atoms. The van der Waals surface area contributed by atoms with Crippen molar-refractivity contribution in [2.75, 3.05) is 36.5 Å². The van der Waals surface area contributed by atoms with E-state index in [1.54, 1.807) is 48.8 Å². The van der Waals surface area contributed by atoms with Gasteiger partial charge in [0, 0.05) is 42.9 Å². The molecule has 7 nitrogen and oxygen atoms in total. The van der Waals surface area contributed by atoms with E-state index in [2.05, 4.69) is 15.2 Å². The number of hydrogen-bond donors (Lipinski definition) is 1. The minimum Gasteiger partial charge on any atom is -0.378 e. The minimum absolute atomic E-state index is 0.167. The topological polar surface area (TPSA) is 88.6 Å². The van der Waals surface area contributed by atoms with Gasteiger partial charge in [0.1, 0.15) is 0 Å². The molecule has 4 rings (SSSR count). The normalized spacial score (nSPS) is 14.4. The molecule has 1 fully saturated rings. The van der Waals surface area contributed by atoms with Gasteiger partial charge in [0.05, 0.1) is 23.0 Å². The van der Waals surface area contributed by atoms with Crippen molar-refractivity contribution >= 4 is 33.2 Å². The summed E-state index contributed by atoms with van der Waals surface area (Å²) in [5.74, 6) is -0.317.